The Balaban J connectivity index is 2.36. The summed E-state index contributed by atoms with van der Waals surface area (Å²) in [6.07, 6.45) is 1.03. The molecule has 0 saturated heterocycles. The molecule has 0 saturated carbocycles. The maximum Gasteiger partial charge on any atom is 0.387 e. The molecule has 178 valence electrons. The van der Waals surface area contributed by atoms with Crippen LogP contribution in [0.1, 0.15) is 75.1 Å². The highest BCUT2D eigenvalue weighted by Crippen LogP contribution is 2.34. The molecule has 0 unspecified atom stereocenters. The van der Waals surface area contributed by atoms with Crippen LogP contribution in [0.4, 0.5) is 8.78 Å². The molecular formula is C21H29F2N3O4S2. The summed E-state index contributed by atoms with van der Waals surface area (Å²) in [5.41, 5.74) is 0.704. The van der Waals surface area contributed by atoms with Gasteiger partial charge in [0.1, 0.15) is 20.6 Å². The first-order chi connectivity index (χ1) is 14.6. The van der Waals surface area contributed by atoms with Crippen molar-refractivity contribution in [2.75, 3.05) is 0 Å². The van der Waals surface area contributed by atoms with Gasteiger partial charge < -0.3 is 9.84 Å². The van der Waals surface area contributed by atoms with Gasteiger partial charge >= 0.3 is 6.61 Å². The highest BCUT2D eigenvalue weighted by atomic mass is 32.2. The molecule has 0 aliphatic carbocycles. The van der Waals surface area contributed by atoms with Crippen LogP contribution in [0, 0.1) is 4.78 Å². The van der Waals surface area contributed by atoms with Crippen LogP contribution in [0.15, 0.2) is 22.5 Å². The minimum absolute atomic E-state index is 0.0182. The molecule has 1 aromatic carbocycles. The minimum atomic E-state index is -3.69. The van der Waals surface area contributed by atoms with E-state index in [0.717, 1.165) is 11.3 Å². The normalized spacial score (nSPS) is 14.1. The minimum Gasteiger partial charge on any atom is -0.435 e. The number of halogens is 2. The van der Waals surface area contributed by atoms with Crippen molar-refractivity contribution >= 4 is 27.2 Å². The molecule has 0 fully saturated rings. The third kappa shape index (κ3) is 6.46. The number of amides is 1. The van der Waals surface area contributed by atoms with Gasteiger partial charge in [0.15, 0.2) is 9.92 Å². The molecule has 1 atom stereocenters. The SMILES string of the molecule is CC(C)c1cc(OC(F)F)cc(C(C)C)c1CC(=O)N[S@](=N)(=O)c1cnc(C(C)(C)O)s1. The molecule has 0 spiro atoms. The Kier molecular flexibility index (Phi) is 8.01. The Hall–Kier alpha value is -2.11. The van der Waals surface area contributed by atoms with Crippen LogP contribution in [0.5, 0.6) is 5.75 Å². The third-order valence-electron chi connectivity index (χ3n) is 4.65. The molecule has 32 heavy (non-hydrogen) atoms. The molecule has 1 heterocycles. The number of ether oxygens (including phenoxy) is 1. The average Bonchev–Trinajstić information content (AvgIpc) is 3.12. The van der Waals surface area contributed by atoms with Gasteiger partial charge in [0.05, 0.1) is 12.6 Å². The quantitative estimate of drug-likeness (QED) is 0.464. The zero-order valence-electron chi connectivity index (χ0n) is 18.9. The molecule has 0 aliphatic rings. The largest absolute Gasteiger partial charge is 0.435 e. The van der Waals surface area contributed by atoms with E-state index in [1.807, 2.05) is 27.7 Å². The summed E-state index contributed by atoms with van der Waals surface area (Å²) >= 11 is 0.892. The van der Waals surface area contributed by atoms with Gasteiger partial charge in [-0.15, -0.1) is 11.3 Å². The van der Waals surface area contributed by atoms with Gasteiger partial charge in [0, 0.05) is 0 Å². The first-order valence-electron chi connectivity index (χ1n) is 10.0. The van der Waals surface area contributed by atoms with Crippen LogP contribution in [0.3, 0.4) is 0 Å². The van der Waals surface area contributed by atoms with E-state index in [0.29, 0.717) is 16.7 Å². The van der Waals surface area contributed by atoms with Crippen LogP contribution in [-0.2, 0) is 26.7 Å². The van der Waals surface area contributed by atoms with Gasteiger partial charge in [-0.1, -0.05) is 27.7 Å². The van der Waals surface area contributed by atoms with E-state index in [4.69, 9.17) is 4.78 Å². The summed E-state index contributed by atoms with van der Waals surface area (Å²) in [4.78, 5) is 16.8. The predicted octanol–water partition coefficient (Wildman–Crippen LogP) is 4.90. The van der Waals surface area contributed by atoms with Gasteiger partial charge in [-0.3, -0.25) is 9.52 Å². The number of benzene rings is 1. The molecule has 2 rings (SSSR count). The first-order valence-corrected chi connectivity index (χ1v) is 12.4. The number of aromatic nitrogens is 1. The van der Waals surface area contributed by atoms with E-state index in [-0.39, 0.29) is 33.2 Å². The van der Waals surface area contributed by atoms with Crippen molar-refractivity contribution in [2.45, 2.75) is 76.2 Å². The molecule has 7 nitrogen and oxygen atoms in total. The predicted molar refractivity (Wildman–Crippen MR) is 120 cm³/mol. The van der Waals surface area contributed by atoms with Crippen molar-refractivity contribution in [3.63, 3.8) is 0 Å². The summed E-state index contributed by atoms with van der Waals surface area (Å²) in [6, 6.07) is 2.98. The topological polar surface area (TPSA) is 112 Å². The van der Waals surface area contributed by atoms with Crippen molar-refractivity contribution in [2.24, 2.45) is 0 Å². The van der Waals surface area contributed by atoms with Crippen molar-refractivity contribution in [3.05, 3.63) is 40.0 Å². The zero-order valence-corrected chi connectivity index (χ0v) is 20.5. The van der Waals surface area contributed by atoms with Crippen molar-refractivity contribution in [1.29, 1.82) is 4.78 Å². The Morgan fingerprint density at radius 3 is 2.19 bits per heavy atom. The molecule has 3 N–H and O–H groups in total. The lowest BCUT2D eigenvalue weighted by Gasteiger charge is -2.21. The second-order valence-corrected chi connectivity index (χ2v) is 11.6. The number of hydrogen-bond donors (Lipinski definition) is 3. The van der Waals surface area contributed by atoms with Crippen LogP contribution in [0.2, 0.25) is 0 Å². The molecule has 0 bridgehead atoms. The van der Waals surface area contributed by atoms with Gasteiger partial charge in [-0.05, 0) is 54.5 Å². The molecule has 2 aromatic rings. The second kappa shape index (κ2) is 9.80. The lowest BCUT2D eigenvalue weighted by atomic mass is 9.86. The number of carbonyl (C=O) groups is 1. The second-order valence-electron chi connectivity index (χ2n) is 8.57. The van der Waals surface area contributed by atoms with E-state index in [2.05, 4.69) is 14.4 Å². The highest BCUT2D eigenvalue weighted by molar-refractivity contribution is 7.93. The lowest BCUT2D eigenvalue weighted by molar-refractivity contribution is -0.118. The summed E-state index contributed by atoms with van der Waals surface area (Å²) in [5.74, 6) is -0.806. The zero-order chi connectivity index (χ0) is 24.4. The number of hydrogen-bond acceptors (Lipinski definition) is 7. The van der Waals surface area contributed by atoms with E-state index in [9.17, 15) is 22.9 Å². The van der Waals surface area contributed by atoms with Crippen LogP contribution in [-0.4, -0.2) is 26.8 Å². The number of rotatable bonds is 9. The Bertz CT molecular complexity index is 1050. The lowest BCUT2D eigenvalue weighted by Crippen LogP contribution is -2.31. The number of carbonyl (C=O) groups excluding carboxylic acids is 1. The maximum absolute atomic E-state index is 12.9. The van der Waals surface area contributed by atoms with Crippen LogP contribution < -0.4 is 9.46 Å². The third-order valence-corrected chi connectivity index (χ3v) is 7.89. The van der Waals surface area contributed by atoms with E-state index < -0.39 is 28.0 Å². The summed E-state index contributed by atoms with van der Waals surface area (Å²) in [5, 5.41) is 10.3. The molecule has 0 radical (unpaired) electrons. The average molecular weight is 490 g/mol. The summed E-state index contributed by atoms with van der Waals surface area (Å²) in [7, 11) is -3.69. The van der Waals surface area contributed by atoms with Crippen molar-refractivity contribution in [1.82, 2.24) is 9.71 Å². The monoisotopic (exact) mass is 489 g/mol. The number of aliphatic hydroxyl groups is 1. The number of alkyl halides is 2. The molecule has 1 aromatic heterocycles. The molecular weight excluding hydrogens is 460 g/mol. The van der Waals surface area contributed by atoms with Crippen molar-refractivity contribution in [3.8, 4) is 5.75 Å². The van der Waals surface area contributed by atoms with Crippen molar-refractivity contribution < 1.29 is 27.6 Å². The van der Waals surface area contributed by atoms with Crippen LogP contribution in [0.25, 0.3) is 0 Å². The smallest absolute Gasteiger partial charge is 0.387 e. The highest BCUT2D eigenvalue weighted by Gasteiger charge is 2.26. The van der Waals surface area contributed by atoms with E-state index >= 15 is 0 Å². The maximum atomic E-state index is 12.9. The summed E-state index contributed by atoms with van der Waals surface area (Å²) < 4.78 is 53.4. The number of nitrogens with one attached hydrogen (secondary N) is 2. The fourth-order valence-electron chi connectivity index (χ4n) is 3.18. The first kappa shape index (κ1) is 26.1. The fourth-order valence-corrected chi connectivity index (χ4v) is 5.35. The molecule has 0 aliphatic heterocycles. The Morgan fingerprint density at radius 1 is 1.25 bits per heavy atom. The Labute approximate surface area is 191 Å². The van der Waals surface area contributed by atoms with Gasteiger partial charge in [0.2, 0.25) is 5.91 Å². The van der Waals surface area contributed by atoms with Crippen LogP contribution >= 0.6 is 11.3 Å². The standard InChI is InChI=1S/C21H29F2N3O4S2/c1-11(2)14-7-13(30-20(22)23)8-15(12(3)4)16(14)9-17(27)26-32(24,29)18-10-25-19(31-18)21(5,6)28/h7-8,10-12,20,28H,9H2,1-6H3,(H2,24,26,27,29)/t32-/m0/s1. The van der Waals surface area contributed by atoms with Gasteiger partial charge in [-0.2, -0.15) is 8.78 Å². The molecule has 11 heteroatoms. The number of nitrogens with zero attached hydrogens (tertiary/aromatic N) is 1. The van der Waals surface area contributed by atoms with Gasteiger partial charge in [0.25, 0.3) is 0 Å². The number of thiazole rings is 1. The summed E-state index contributed by atoms with van der Waals surface area (Å²) in [6.45, 7) is 7.55. The van der Waals surface area contributed by atoms with E-state index in [1.54, 1.807) is 0 Å². The molecule has 1 amide bonds. The van der Waals surface area contributed by atoms with Gasteiger partial charge in [-0.25, -0.2) is 14.0 Å². The fraction of sp³-hybridized carbons (Fsp3) is 0.524. The van der Waals surface area contributed by atoms with E-state index in [1.165, 1.54) is 32.2 Å². The Morgan fingerprint density at radius 2 is 1.78 bits per heavy atom.